The molecule has 7 aromatic rings. The minimum absolute atomic E-state index is 0.0299. The monoisotopic (exact) mass is 780 g/mol. The molecule has 6 aromatic carbocycles. The van der Waals surface area contributed by atoms with Crippen LogP contribution in [-0.2, 0) is 15.4 Å². The van der Waals surface area contributed by atoms with Crippen LogP contribution < -0.4 is 10.2 Å². The van der Waals surface area contributed by atoms with Gasteiger partial charge in [-0.25, -0.2) is 17.5 Å². The lowest BCUT2D eigenvalue weighted by Gasteiger charge is -2.37. The third-order valence-electron chi connectivity index (χ3n) is 10.5. The zero-order chi connectivity index (χ0) is 39.7. The summed E-state index contributed by atoms with van der Waals surface area (Å²) < 4.78 is 44.1. The van der Waals surface area contributed by atoms with E-state index in [1.165, 1.54) is 30.3 Å². The van der Waals surface area contributed by atoms with Crippen LogP contribution in [0.4, 0.5) is 21.6 Å². The largest absolute Gasteiger partial charge is 0.363 e. The number of hydrogen-bond acceptors (Lipinski definition) is 8. The van der Waals surface area contributed by atoms with Gasteiger partial charge in [-0.15, -0.1) is 0 Å². The van der Waals surface area contributed by atoms with Gasteiger partial charge in [0.2, 0.25) is 9.84 Å². The highest BCUT2D eigenvalue weighted by atomic mass is 32.2. The van der Waals surface area contributed by atoms with Crippen LogP contribution in [0.25, 0.3) is 10.9 Å². The molecule has 0 atom stereocenters. The van der Waals surface area contributed by atoms with Gasteiger partial charge in [0, 0.05) is 31.6 Å². The molecule has 0 bridgehead atoms. The van der Waals surface area contributed by atoms with Gasteiger partial charge in [-0.05, 0) is 72.3 Å². The van der Waals surface area contributed by atoms with Crippen molar-refractivity contribution in [2.24, 2.45) is 0 Å². The van der Waals surface area contributed by atoms with Crippen LogP contribution in [0.15, 0.2) is 161 Å². The van der Waals surface area contributed by atoms with Crippen LogP contribution >= 0.6 is 0 Å². The molecule has 0 spiro atoms. The summed E-state index contributed by atoms with van der Waals surface area (Å²) in [7, 11) is -2.28. The van der Waals surface area contributed by atoms with E-state index in [9.17, 15) is 27.7 Å². The van der Waals surface area contributed by atoms with Crippen molar-refractivity contribution in [1.82, 2.24) is 14.7 Å². The van der Waals surface area contributed by atoms with Crippen molar-refractivity contribution in [3.8, 4) is 0 Å². The molecular weight excluding hydrogens is 744 g/mol. The molecule has 0 saturated carbocycles. The van der Waals surface area contributed by atoms with Gasteiger partial charge in [-0.3, -0.25) is 14.9 Å². The summed E-state index contributed by atoms with van der Waals surface area (Å²) in [5, 5.41) is 20.9. The van der Waals surface area contributed by atoms with E-state index in [1.54, 1.807) is 22.9 Å². The first kappa shape index (κ1) is 37.2. The fourth-order valence-corrected chi connectivity index (χ4v) is 8.99. The van der Waals surface area contributed by atoms with Gasteiger partial charge in [0.05, 0.1) is 20.2 Å². The number of nitro benzene ring substituents is 1. The number of nitrogens with one attached hydrogen (secondary N) is 1. The molecule has 0 unspecified atom stereocenters. The minimum atomic E-state index is -4.26. The number of sulfone groups is 1. The van der Waals surface area contributed by atoms with Crippen molar-refractivity contribution in [3.63, 3.8) is 0 Å². The van der Waals surface area contributed by atoms with Gasteiger partial charge in [0.25, 0.3) is 5.91 Å². The lowest BCUT2D eigenvalue weighted by molar-refractivity contribution is -0.384. The zero-order valence-electron chi connectivity index (χ0n) is 30.8. The van der Waals surface area contributed by atoms with E-state index >= 15 is 0 Å². The van der Waals surface area contributed by atoms with Crippen LogP contribution in [0.2, 0.25) is 0 Å². The maximum absolute atomic E-state index is 14.4. The summed E-state index contributed by atoms with van der Waals surface area (Å²) in [6, 6.07) is 42.9. The molecule has 286 valence electrons. The van der Waals surface area contributed by atoms with Crippen LogP contribution in [0, 0.1) is 15.9 Å². The summed E-state index contributed by atoms with van der Waals surface area (Å²) in [4.78, 5) is 30.2. The number of rotatable bonds is 10. The molecule has 0 aliphatic carbocycles. The Morgan fingerprint density at radius 3 is 1.86 bits per heavy atom. The van der Waals surface area contributed by atoms with Gasteiger partial charge in [-0.1, -0.05) is 103 Å². The van der Waals surface area contributed by atoms with Crippen LogP contribution in [0.5, 0.6) is 0 Å². The number of anilines is 2. The van der Waals surface area contributed by atoms with Gasteiger partial charge in [0.1, 0.15) is 22.6 Å². The average molecular weight is 781 g/mol. The van der Waals surface area contributed by atoms with Crippen molar-refractivity contribution in [1.29, 1.82) is 0 Å². The molecule has 57 heavy (non-hydrogen) atoms. The third-order valence-corrected chi connectivity index (χ3v) is 12.2. The lowest BCUT2D eigenvalue weighted by Crippen LogP contribution is -2.44. The van der Waals surface area contributed by atoms with Crippen molar-refractivity contribution >= 4 is 43.8 Å². The topological polar surface area (TPSA) is 131 Å². The molecule has 1 aliphatic rings. The van der Waals surface area contributed by atoms with Crippen LogP contribution in [0.1, 0.15) is 27.0 Å². The molecule has 1 amide bonds. The predicted octanol–water partition coefficient (Wildman–Crippen LogP) is 7.76. The maximum atomic E-state index is 14.4. The van der Waals surface area contributed by atoms with E-state index in [-0.39, 0.29) is 32.2 Å². The third kappa shape index (κ3) is 6.70. The number of likely N-dealkylation sites (N-methyl/N-ethyl adjacent to an activating group) is 1. The number of halogens is 1. The molecule has 1 aliphatic heterocycles. The number of para-hydroxylation sites is 1. The molecule has 0 radical (unpaired) electrons. The minimum Gasteiger partial charge on any atom is -0.363 e. The van der Waals surface area contributed by atoms with E-state index in [0.29, 0.717) is 37.4 Å². The zero-order valence-corrected chi connectivity index (χ0v) is 31.6. The lowest BCUT2D eigenvalue weighted by atomic mass is 9.77. The molecular formula is C44H37FN6O5S. The predicted molar refractivity (Wildman–Crippen MR) is 217 cm³/mol. The molecule has 13 heteroatoms. The highest BCUT2D eigenvalue weighted by Gasteiger charge is 2.41. The highest BCUT2D eigenvalue weighted by molar-refractivity contribution is 7.91. The Bertz CT molecular complexity index is 2620. The fraction of sp³-hybridized carbons (Fsp3) is 0.136. The number of nitrogens with zero attached hydrogens (tertiary/aromatic N) is 5. The van der Waals surface area contributed by atoms with E-state index in [1.807, 2.05) is 103 Å². The molecule has 1 aromatic heterocycles. The molecule has 2 heterocycles. The second-order valence-electron chi connectivity index (χ2n) is 13.9. The second kappa shape index (κ2) is 15.1. The number of carbonyl (C=O) groups excluding carboxylic acids is 1. The Labute approximate surface area is 328 Å². The number of benzene rings is 6. The van der Waals surface area contributed by atoms with Crippen LogP contribution in [0.3, 0.4) is 0 Å². The Hall–Kier alpha value is -6.70. The summed E-state index contributed by atoms with van der Waals surface area (Å²) in [6.45, 7) is 2.48. The molecule has 8 rings (SSSR count). The quantitative estimate of drug-likeness (QED) is 0.0847. The summed E-state index contributed by atoms with van der Waals surface area (Å²) in [5.74, 6) is -1.54. The van der Waals surface area contributed by atoms with E-state index in [2.05, 4.69) is 10.2 Å². The Morgan fingerprint density at radius 1 is 0.737 bits per heavy atom. The molecule has 1 saturated heterocycles. The SMILES string of the molecule is CN1CCN(c2cccc(C(=O)Nc3nn(C(c4ccccc4)(c4ccccc4)c4ccccc4)c4ccc(S(=O)(=O)c5cccc(F)c5)cc34)c2[N+](=O)[O-])CC1. The summed E-state index contributed by atoms with van der Waals surface area (Å²) in [5.41, 5.74) is 1.52. The highest BCUT2D eigenvalue weighted by Crippen LogP contribution is 2.44. The fourth-order valence-electron chi connectivity index (χ4n) is 7.67. The number of carbonyl (C=O) groups is 1. The number of nitro groups is 1. The summed E-state index contributed by atoms with van der Waals surface area (Å²) >= 11 is 0. The van der Waals surface area contributed by atoms with Gasteiger partial charge < -0.3 is 15.1 Å². The Morgan fingerprint density at radius 2 is 1.30 bits per heavy atom. The number of piperazine rings is 1. The average Bonchev–Trinajstić information content (AvgIpc) is 3.59. The van der Waals surface area contributed by atoms with Gasteiger partial charge >= 0.3 is 5.69 Å². The first-order valence-electron chi connectivity index (χ1n) is 18.3. The first-order chi connectivity index (χ1) is 27.6. The molecule has 1 N–H and O–H groups in total. The second-order valence-corrected chi connectivity index (χ2v) is 15.8. The number of fused-ring (bicyclic) bond motifs is 1. The number of aromatic nitrogens is 2. The van der Waals surface area contributed by atoms with Crippen molar-refractivity contribution in [3.05, 3.63) is 190 Å². The van der Waals surface area contributed by atoms with E-state index in [4.69, 9.17) is 5.10 Å². The first-order valence-corrected chi connectivity index (χ1v) is 19.8. The molecule has 11 nitrogen and oxygen atoms in total. The van der Waals surface area contributed by atoms with Gasteiger partial charge in [-0.2, -0.15) is 5.10 Å². The van der Waals surface area contributed by atoms with E-state index in [0.717, 1.165) is 28.8 Å². The van der Waals surface area contributed by atoms with Crippen molar-refractivity contribution < 1.29 is 22.5 Å². The number of hydrogen-bond donors (Lipinski definition) is 1. The Kier molecular flexibility index (Phi) is 9.86. The smallest absolute Gasteiger partial charge is 0.305 e. The van der Waals surface area contributed by atoms with Crippen molar-refractivity contribution in [2.45, 2.75) is 15.3 Å². The van der Waals surface area contributed by atoms with Crippen LogP contribution in [-0.4, -0.2) is 67.2 Å². The normalized spacial score (nSPS) is 13.8. The standard InChI is InChI=1S/C44H37FN6O5S/c1-48-25-27-49(28-26-48)40-22-12-21-37(41(40)51(53)54)43(52)46-42-38-30-36(57(55,56)35-20-11-19-34(45)29-35)23-24-39(38)50(47-42)44(31-13-5-2-6-14-31,32-15-7-3-8-16-32)33-17-9-4-10-18-33/h2-24,29-30H,25-28H2,1H3,(H,46,47,52). The summed E-state index contributed by atoms with van der Waals surface area (Å²) in [6.07, 6.45) is 0. The maximum Gasteiger partial charge on any atom is 0.305 e. The van der Waals surface area contributed by atoms with E-state index < -0.39 is 32.0 Å². The Balaban J connectivity index is 1.37. The van der Waals surface area contributed by atoms with Crippen molar-refractivity contribution in [2.75, 3.05) is 43.4 Å². The van der Waals surface area contributed by atoms with Gasteiger partial charge in [0.15, 0.2) is 5.82 Å². The number of amides is 1. The molecule has 1 fully saturated rings.